The molecule has 0 saturated carbocycles. The molecule has 2 N–H and O–H groups in total. The summed E-state index contributed by atoms with van der Waals surface area (Å²) < 4.78 is 0. The van der Waals surface area contributed by atoms with Crippen LogP contribution in [0.15, 0.2) is 23.2 Å². The molecule has 0 aromatic carbocycles. The number of piperidine rings is 1. The van der Waals surface area contributed by atoms with Gasteiger partial charge in [-0.1, -0.05) is 6.07 Å². The van der Waals surface area contributed by atoms with Gasteiger partial charge < -0.3 is 10.6 Å². The summed E-state index contributed by atoms with van der Waals surface area (Å²) in [6, 6.07) is 6.16. The Morgan fingerprint density at radius 1 is 1.50 bits per heavy atom. The molecule has 2 rings (SSSR count). The van der Waals surface area contributed by atoms with Crippen LogP contribution in [0.25, 0.3) is 0 Å². The van der Waals surface area contributed by atoms with Crippen LogP contribution in [-0.4, -0.2) is 24.1 Å². The lowest BCUT2D eigenvalue weighted by Crippen LogP contribution is -2.43. The van der Waals surface area contributed by atoms with E-state index in [1.807, 2.05) is 18.2 Å². The summed E-state index contributed by atoms with van der Waals surface area (Å²) in [6.45, 7) is 1.96. The molecule has 1 fully saturated rings. The van der Waals surface area contributed by atoms with E-state index in [4.69, 9.17) is 5.73 Å². The van der Waals surface area contributed by atoms with E-state index in [0.717, 1.165) is 36.8 Å². The van der Waals surface area contributed by atoms with Gasteiger partial charge in [-0.25, -0.2) is 4.98 Å². The number of hydrogen-bond acceptors (Lipinski definition) is 4. The van der Waals surface area contributed by atoms with Gasteiger partial charge in [0.15, 0.2) is 0 Å². The molecule has 2 heterocycles. The standard InChI is InChI=1S/C10H15N3S/c11-8-3-2-6-13(7-8)9-4-1-5-10(14)12-9/h1,4-5,8H,2-3,6-7,11H2,(H,12,14). The lowest BCUT2D eigenvalue weighted by atomic mass is 10.1. The lowest BCUT2D eigenvalue weighted by Gasteiger charge is -2.31. The Kier molecular flexibility index (Phi) is 2.93. The van der Waals surface area contributed by atoms with E-state index in [-0.39, 0.29) is 6.04 Å². The number of anilines is 1. The first kappa shape index (κ1) is 9.80. The van der Waals surface area contributed by atoms with Crippen molar-refractivity contribution in [1.29, 1.82) is 0 Å². The number of hydrogen-bond donors (Lipinski definition) is 2. The lowest BCUT2D eigenvalue weighted by molar-refractivity contribution is 0.502. The summed E-state index contributed by atoms with van der Waals surface area (Å²) in [6.07, 6.45) is 2.27. The van der Waals surface area contributed by atoms with Crippen molar-refractivity contribution in [3.8, 4) is 0 Å². The molecule has 4 heteroatoms. The SMILES string of the molecule is NC1CCCN(c2cccc(S)n2)C1. The molecule has 76 valence electrons. The summed E-state index contributed by atoms with van der Waals surface area (Å²) >= 11 is 4.23. The van der Waals surface area contributed by atoms with Crippen LogP contribution in [0.2, 0.25) is 0 Å². The van der Waals surface area contributed by atoms with Crippen molar-refractivity contribution in [1.82, 2.24) is 4.98 Å². The average molecular weight is 209 g/mol. The maximum atomic E-state index is 5.91. The number of pyridine rings is 1. The normalized spacial score (nSPS) is 22.4. The number of nitrogens with zero attached hydrogens (tertiary/aromatic N) is 2. The molecule has 1 aliphatic rings. The minimum absolute atomic E-state index is 0.286. The maximum absolute atomic E-state index is 5.91. The summed E-state index contributed by atoms with van der Waals surface area (Å²) in [5.74, 6) is 0.993. The number of thiol groups is 1. The van der Waals surface area contributed by atoms with Crippen LogP contribution in [-0.2, 0) is 0 Å². The molecule has 0 amide bonds. The summed E-state index contributed by atoms with van der Waals surface area (Å²) in [5.41, 5.74) is 5.91. The fourth-order valence-corrected chi connectivity index (χ4v) is 1.99. The van der Waals surface area contributed by atoms with Crippen LogP contribution in [0.1, 0.15) is 12.8 Å². The predicted molar refractivity (Wildman–Crippen MR) is 60.9 cm³/mol. The Bertz CT molecular complexity index is 316. The first-order valence-corrected chi connectivity index (χ1v) is 5.37. The van der Waals surface area contributed by atoms with Crippen molar-refractivity contribution in [2.24, 2.45) is 5.73 Å². The maximum Gasteiger partial charge on any atom is 0.129 e. The van der Waals surface area contributed by atoms with E-state index in [2.05, 4.69) is 22.5 Å². The van der Waals surface area contributed by atoms with Crippen LogP contribution in [0, 0.1) is 0 Å². The number of nitrogens with two attached hydrogens (primary N) is 1. The van der Waals surface area contributed by atoms with E-state index < -0.39 is 0 Å². The molecule has 0 bridgehead atoms. The van der Waals surface area contributed by atoms with Crippen LogP contribution in [0.3, 0.4) is 0 Å². The van der Waals surface area contributed by atoms with Crippen molar-refractivity contribution in [3.05, 3.63) is 18.2 Å². The first-order valence-electron chi connectivity index (χ1n) is 4.92. The zero-order valence-corrected chi connectivity index (χ0v) is 8.95. The summed E-state index contributed by atoms with van der Waals surface area (Å²) in [7, 11) is 0. The van der Waals surface area contributed by atoms with Gasteiger partial charge >= 0.3 is 0 Å². The van der Waals surface area contributed by atoms with Gasteiger partial charge in [-0.3, -0.25) is 0 Å². The van der Waals surface area contributed by atoms with Gasteiger partial charge in [0.05, 0.1) is 5.03 Å². The molecule has 1 unspecified atom stereocenters. The zero-order valence-electron chi connectivity index (χ0n) is 8.06. The zero-order chi connectivity index (χ0) is 9.97. The Morgan fingerprint density at radius 2 is 2.36 bits per heavy atom. The van der Waals surface area contributed by atoms with E-state index in [1.54, 1.807) is 0 Å². The van der Waals surface area contributed by atoms with E-state index >= 15 is 0 Å². The van der Waals surface area contributed by atoms with Gasteiger partial charge in [-0.2, -0.15) is 0 Å². The van der Waals surface area contributed by atoms with E-state index in [1.165, 1.54) is 0 Å². The van der Waals surface area contributed by atoms with Crippen LogP contribution >= 0.6 is 12.6 Å². The molecule has 1 aromatic rings. The molecule has 0 aliphatic carbocycles. The highest BCUT2D eigenvalue weighted by atomic mass is 32.1. The topological polar surface area (TPSA) is 42.1 Å². The Morgan fingerprint density at radius 3 is 3.07 bits per heavy atom. The molecule has 1 aliphatic heterocycles. The monoisotopic (exact) mass is 209 g/mol. The van der Waals surface area contributed by atoms with Gasteiger partial charge in [-0.05, 0) is 25.0 Å². The van der Waals surface area contributed by atoms with Crippen molar-refractivity contribution in [2.75, 3.05) is 18.0 Å². The van der Waals surface area contributed by atoms with Gasteiger partial charge in [0.1, 0.15) is 5.82 Å². The van der Waals surface area contributed by atoms with Crippen LogP contribution < -0.4 is 10.6 Å². The second-order valence-electron chi connectivity index (χ2n) is 3.70. The van der Waals surface area contributed by atoms with E-state index in [9.17, 15) is 0 Å². The molecule has 14 heavy (non-hydrogen) atoms. The smallest absolute Gasteiger partial charge is 0.129 e. The number of aromatic nitrogens is 1. The van der Waals surface area contributed by atoms with Crippen molar-refractivity contribution < 1.29 is 0 Å². The number of rotatable bonds is 1. The highest BCUT2D eigenvalue weighted by Crippen LogP contribution is 2.18. The Labute approximate surface area is 89.7 Å². The quantitative estimate of drug-likeness (QED) is 0.685. The fraction of sp³-hybridized carbons (Fsp3) is 0.500. The minimum Gasteiger partial charge on any atom is -0.355 e. The molecule has 0 radical (unpaired) electrons. The van der Waals surface area contributed by atoms with Crippen molar-refractivity contribution in [3.63, 3.8) is 0 Å². The molecule has 0 spiro atoms. The molecule has 1 saturated heterocycles. The van der Waals surface area contributed by atoms with Crippen LogP contribution in [0.5, 0.6) is 0 Å². The highest BCUT2D eigenvalue weighted by Gasteiger charge is 2.17. The van der Waals surface area contributed by atoms with Gasteiger partial charge in [0.25, 0.3) is 0 Å². The molecular weight excluding hydrogens is 194 g/mol. The summed E-state index contributed by atoms with van der Waals surface area (Å²) in [5, 5.41) is 0.765. The second kappa shape index (κ2) is 4.19. The van der Waals surface area contributed by atoms with Crippen molar-refractivity contribution >= 4 is 18.4 Å². The predicted octanol–water partition coefficient (Wildman–Crippen LogP) is 1.30. The largest absolute Gasteiger partial charge is 0.355 e. The van der Waals surface area contributed by atoms with Crippen molar-refractivity contribution in [2.45, 2.75) is 23.9 Å². The van der Waals surface area contributed by atoms with Crippen LogP contribution in [0.4, 0.5) is 5.82 Å². The minimum atomic E-state index is 0.286. The fourth-order valence-electron chi connectivity index (χ4n) is 1.81. The third-order valence-electron chi connectivity index (χ3n) is 2.50. The first-order chi connectivity index (χ1) is 6.75. The molecule has 1 atom stereocenters. The highest BCUT2D eigenvalue weighted by molar-refractivity contribution is 7.80. The molecule has 1 aromatic heterocycles. The summed E-state index contributed by atoms with van der Waals surface area (Å²) in [4.78, 5) is 6.60. The van der Waals surface area contributed by atoms with Gasteiger partial charge in [0, 0.05) is 19.1 Å². The third kappa shape index (κ3) is 2.19. The molecular formula is C10H15N3S. The Hall–Kier alpha value is -0.740. The van der Waals surface area contributed by atoms with E-state index in [0.29, 0.717) is 0 Å². The van der Waals surface area contributed by atoms with Gasteiger partial charge in [-0.15, -0.1) is 12.6 Å². The van der Waals surface area contributed by atoms with Gasteiger partial charge in [0.2, 0.25) is 0 Å². The Balaban J connectivity index is 2.14. The third-order valence-corrected chi connectivity index (χ3v) is 2.75. The molecule has 3 nitrogen and oxygen atoms in total. The average Bonchev–Trinajstić information content (AvgIpc) is 2.18. The second-order valence-corrected chi connectivity index (χ2v) is 4.16.